The van der Waals surface area contributed by atoms with E-state index >= 15 is 0 Å². The number of morpholine rings is 1. The van der Waals surface area contributed by atoms with Crippen LogP contribution in [0.15, 0.2) is 22.7 Å². The van der Waals surface area contributed by atoms with Gasteiger partial charge in [0.1, 0.15) is 11.6 Å². The Morgan fingerprint density at radius 1 is 1.29 bits per heavy atom. The van der Waals surface area contributed by atoms with E-state index in [1.54, 1.807) is 13.0 Å². The molecule has 3 unspecified atom stereocenters. The molecule has 0 aliphatic carbocycles. The van der Waals surface area contributed by atoms with E-state index in [1.807, 2.05) is 4.90 Å². The summed E-state index contributed by atoms with van der Waals surface area (Å²) in [7, 11) is 0. The highest BCUT2D eigenvalue weighted by atomic mass is 79.9. The van der Waals surface area contributed by atoms with Gasteiger partial charge in [-0.3, -0.25) is 9.69 Å². The summed E-state index contributed by atoms with van der Waals surface area (Å²) in [4.78, 5) is 17.1. The Labute approximate surface area is 175 Å². The monoisotopic (exact) mass is 456 g/mol. The molecule has 2 aliphatic heterocycles. The van der Waals surface area contributed by atoms with Crippen molar-refractivity contribution in [3.05, 3.63) is 28.5 Å². The summed E-state index contributed by atoms with van der Waals surface area (Å²) < 4.78 is 25.3. The zero-order valence-electron chi connectivity index (χ0n) is 16.9. The molecule has 1 aromatic rings. The van der Waals surface area contributed by atoms with Crippen LogP contribution in [0.25, 0.3) is 0 Å². The largest absolute Gasteiger partial charge is 0.480 e. The molecule has 2 aliphatic rings. The summed E-state index contributed by atoms with van der Waals surface area (Å²) in [6.45, 7) is 10.6. The molecule has 0 radical (unpaired) electrons. The van der Waals surface area contributed by atoms with E-state index in [4.69, 9.17) is 9.47 Å². The second kappa shape index (κ2) is 9.55. The minimum Gasteiger partial charge on any atom is -0.480 e. The van der Waals surface area contributed by atoms with Crippen LogP contribution in [-0.2, 0) is 9.53 Å². The molecule has 0 bridgehead atoms. The first kappa shape index (κ1) is 21.5. The maximum Gasteiger partial charge on any atom is 0.263 e. The lowest BCUT2D eigenvalue weighted by Crippen LogP contribution is -2.49. The van der Waals surface area contributed by atoms with E-state index in [-0.39, 0.29) is 23.9 Å². The quantitative estimate of drug-likeness (QED) is 0.677. The Morgan fingerprint density at radius 2 is 1.93 bits per heavy atom. The van der Waals surface area contributed by atoms with Crippen LogP contribution >= 0.6 is 15.9 Å². The van der Waals surface area contributed by atoms with Crippen molar-refractivity contribution in [2.75, 3.05) is 32.7 Å². The van der Waals surface area contributed by atoms with Gasteiger partial charge in [-0.1, -0.05) is 0 Å². The van der Waals surface area contributed by atoms with Crippen molar-refractivity contribution in [2.24, 2.45) is 5.92 Å². The highest BCUT2D eigenvalue weighted by Gasteiger charge is 2.30. The second-order valence-electron chi connectivity index (χ2n) is 8.08. The van der Waals surface area contributed by atoms with Crippen molar-refractivity contribution in [1.29, 1.82) is 0 Å². The standard InChI is InChI=1S/C21H30BrFN2O3/c1-14-11-24(12-15(2)27-14)13-17-6-8-25(9-7-17)21(26)16(3)28-20-5-4-18(23)10-19(20)22/h4-5,10,14-17H,6-9,11-13H2,1-3H3. The first-order valence-electron chi connectivity index (χ1n) is 10.1. The van der Waals surface area contributed by atoms with Crippen LogP contribution in [0.2, 0.25) is 0 Å². The van der Waals surface area contributed by atoms with Gasteiger partial charge in [-0.05, 0) is 73.7 Å². The van der Waals surface area contributed by atoms with Gasteiger partial charge in [0.25, 0.3) is 5.91 Å². The predicted molar refractivity (Wildman–Crippen MR) is 110 cm³/mol. The maximum absolute atomic E-state index is 13.2. The average Bonchev–Trinajstić information content (AvgIpc) is 2.63. The van der Waals surface area contributed by atoms with Gasteiger partial charge < -0.3 is 14.4 Å². The Morgan fingerprint density at radius 3 is 2.54 bits per heavy atom. The van der Waals surface area contributed by atoms with Gasteiger partial charge in [-0.25, -0.2) is 4.39 Å². The molecule has 3 rings (SSSR count). The number of hydrogen-bond donors (Lipinski definition) is 0. The Bertz CT molecular complexity index is 672. The molecular weight excluding hydrogens is 427 g/mol. The molecule has 5 nitrogen and oxygen atoms in total. The number of likely N-dealkylation sites (tertiary alicyclic amines) is 1. The fraction of sp³-hybridized carbons (Fsp3) is 0.667. The number of piperidine rings is 1. The van der Waals surface area contributed by atoms with Crippen LogP contribution in [0.4, 0.5) is 4.39 Å². The van der Waals surface area contributed by atoms with E-state index in [0.29, 0.717) is 16.1 Å². The number of hydrogen-bond acceptors (Lipinski definition) is 4. The molecule has 1 aromatic carbocycles. The number of nitrogens with zero attached hydrogens (tertiary/aromatic N) is 2. The van der Waals surface area contributed by atoms with Crippen LogP contribution < -0.4 is 4.74 Å². The lowest BCUT2D eigenvalue weighted by atomic mass is 9.95. The van der Waals surface area contributed by atoms with E-state index in [2.05, 4.69) is 34.7 Å². The number of amides is 1. The Hall–Kier alpha value is -1.18. The highest BCUT2D eigenvalue weighted by molar-refractivity contribution is 9.10. The van der Waals surface area contributed by atoms with Crippen molar-refractivity contribution >= 4 is 21.8 Å². The molecule has 2 heterocycles. The first-order chi connectivity index (χ1) is 13.3. The SMILES string of the molecule is CC1CN(CC2CCN(C(=O)C(C)Oc3ccc(F)cc3Br)CC2)CC(C)O1. The average molecular weight is 457 g/mol. The van der Waals surface area contributed by atoms with Gasteiger partial charge in [0.05, 0.1) is 16.7 Å². The smallest absolute Gasteiger partial charge is 0.263 e. The molecule has 7 heteroatoms. The van der Waals surface area contributed by atoms with E-state index in [0.717, 1.165) is 45.6 Å². The Balaban J connectivity index is 1.46. The third kappa shape index (κ3) is 5.67. The van der Waals surface area contributed by atoms with Crippen LogP contribution in [-0.4, -0.2) is 66.7 Å². The fourth-order valence-electron chi connectivity index (χ4n) is 4.20. The number of benzene rings is 1. The molecule has 28 heavy (non-hydrogen) atoms. The Kier molecular flexibility index (Phi) is 7.34. The summed E-state index contributed by atoms with van der Waals surface area (Å²) in [6.07, 6.45) is 2.00. The number of carbonyl (C=O) groups is 1. The zero-order valence-corrected chi connectivity index (χ0v) is 18.5. The van der Waals surface area contributed by atoms with Gasteiger partial charge in [0, 0.05) is 32.7 Å². The van der Waals surface area contributed by atoms with Crippen molar-refractivity contribution < 1.29 is 18.7 Å². The lowest BCUT2D eigenvalue weighted by molar-refractivity contribution is -0.139. The summed E-state index contributed by atoms with van der Waals surface area (Å²) in [5.41, 5.74) is 0. The molecule has 3 atom stereocenters. The highest BCUT2D eigenvalue weighted by Crippen LogP contribution is 2.27. The third-order valence-corrected chi connectivity index (χ3v) is 6.10. The van der Waals surface area contributed by atoms with Crippen LogP contribution in [0.3, 0.4) is 0 Å². The molecular formula is C21H30BrFN2O3. The first-order valence-corrected chi connectivity index (χ1v) is 10.9. The number of carbonyl (C=O) groups excluding carboxylic acids is 1. The number of halogens is 2. The molecule has 0 spiro atoms. The summed E-state index contributed by atoms with van der Waals surface area (Å²) in [5.74, 6) is 0.740. The van der Waals surface area contributed by atoms with Gasteiger partial charge in [-0.15, -0.1) is 0 Å². The van der Waals surface area contributed by atoms with Crippen molar-refractivity contribution in [2.45, 2.75) is 51.9 Å². The van der Waals surface area contributed by atoms with E-state index in [9.17, 15) is 9.18 Å². The number of ether oxygens (including phenoxy) is 2. The normalized spacial score (nSPS) is 25.5. The lowest BCUT2D eigenvalue weighted by Gasteiger charge is -2.39. The molecule has 0 aromatic heterocycles. The van der Waals surface area contributed by atoms with Gasteiger partial charge in [-0.2, -0.15) is 0 Å². The van der Waals surface area contributed by atoms with Crippen molar-refractivity contribution in [3.63, 3.8) is 0 Å². The van der Waals surface area contributed by atoms with Crippen molar-refractivity contribution in [1.82, 2.24) is 9.80 Å². The second-order valence-corrected chi connectivity index (χ2v) is 8.93. The topological polar surface area (TPSA) is 42.0 Å². The fourth-order valence-corrected chi connectivity index (χ4v) is 4.65. The number of rotatable bonds is 5. The van der Waals surface area contributed by atoms with Crippen LogP contribution in [0.1, 0.15) is 33.6 Å². The predicted octanol–water partition coefficient (Wildman–Crippen LogP) is 3.70. The molecule has 2 fully saturated rings. The van der Waals surface area contributed by atoms with Gasteiger partial charge >= 0.3 is 0 Å². The summed E-state index contributed by atoms with van der Waals surface area (Å²) in [5, 5.41) is 0. The minimum absolute atomic E-state index is 0.0108. The molecule has 0 N–H and O–H groups in total. The molecule has 1 amide bonds. The molecule has 156 valence electrons. The van der Waals surface area contributed by atoms with E-state index < -0.39 is 6.10 Å². The summed E-state index contributed by atoms with van der Waals surface area (Å²) in [6, 6.07) is 4.21. The maximum atomic E-state index is 13.2. The van der Waals surface area contributed by atoms with Gasteiger partial charge in [0.2, 0.25) is 0 Å². The van der Waals surface area contributed by atoms with Crippen LogP contribution in [0, 0.1) is 11.7 Å². The molecule has 2 saturated heterocycles. The van der Waals surface area contributed by atoms with Crippen molar-refractivity contribution in [3.8, 4) is 5.75 Å². The van der Waals surface area contributed by atoms with Gasteiger partial charge in [0.15, 0.2) is 6.10 Å². The minimum atomic E-state index is -0.598. The third-order valence-electron chi connectivity index (χ3n) is 5.48. The summed E-state index contributed by atoms with van der Waals surface area (Å²) >= 11 is 3.28. The molecule has 0 saturated carbocycles. The zero-order chi connectivity index (χ0) is 20.3. The van der Waals surface area contributed by atoms with E-state index in [1.165, 1.54) is 12.1 Å². The van der Waals surface area contributed by atoms with Crippen LogP contribution in [0.5, 0.6) is 5.75 Å².